The van der Waals surface area contributed by atoms with E-state index in [0.717, 1.165) is 5.69 Å². The number of para-hydroxylation sites is 2. The Hall–Kier alpha value is -3.58. The van der Waals surface area contributed by atoms with Gasteiger partial charge in [0.25, 0.3) is 5.91 Å². The first-order valence-electron chi connectivity index (χ1n) is 11.3. The zero-order chi connectivity index (χ0) is 25.8. The van der Waals surface area contributed by atoms with Gasteiger partial charge in [-0.3, -0.25) is 9.69 Å². The third kappa shape index (κ3) is 5.88. The Balaban J connectivity index is 1.53. The average molecular weight is 549 g/mol. The van der Waals surface area contributed by atoms with Gasteiger partial charge in [0, 0.05) is 10.6 Å². The number of ether oxygens (including phenoxy) is 1. The molecule has 0 bridgehead atoms. The molecular formula is C29H19Cl2FN2O2S. The van der Waals surface area contributed by atoms with Crippen molar-refractivity contribution in [3.05, 3.63) is 129 Å². The molecule has 184 valence electrons. The molecule has 0 spiro atoms. The molecule has 0 atom stereocenters. The molecule has 0 N–H and O–H groups in total. The number of rotatable bonds is 6. The van der Waals surface area contributed by atoms with Crippen molar-refractivity contribution in [2.45, 2.75) is 6.61 Å². The summed E-state index contributed by atoms with van der Waals surface area (Å²) >= 11 is 14.0. The van der Waals surface area contributed by atoms with Crippen LogP contribution in [0.5, 0.6) is 5.75 Å². The van der Waals surface area contributed by atoms with E-state index in [9.17, 15) is 9.18 Å². The third-order valence-corrected chi connectivity index (χ3v) is 6.87. The van der Waals surface area contributed by atoms with Crippen molar-refractivity contribution in [2.24, 2.45) is 4.99 Å². The largest absolute Gasteiger partial charge is 0.487 e. The molecule has 0 saturated carbocycles. The summed E-state index contributed by atoms with van der Waals surface area (Å²) in [5.41, 5.74) is 2.59. The lowest BCUT2D eigenvalue weighted by Gasteiger charge is -2.15. The van der Waals surface area contributed by atoms with Gasteiger partial charge in [-0.05, 0) is 71.9 Å². The molecule has 1 amide bonds. The van der Waals surface area contributed by atoms with Crippen LogP contribution in [0.25, 0.3) is 6.08 Å². The zero-order valence-corrected chi connectivity index (χ0v) is 21.6. The summed E-state index contributed by atoms with van der Waals surface area (Å²) in [6.07, 6.45) is 1.69. The van der Waals surface area contributed by atoms with Crippen LogP contribution in [0.1, 0.15) is 11.1 Å². The van der Waals surface area contributed by atoms with Gasteiger partial charge < -0.3 is 4.74 Å². The Morgan fingerprint density at radius 1 is 0.919 bits per heavy atom. The minimum absolute atomic E-state index is 0.0905. The van der Waals surface area contributed by atoms with E-state index < -0.39 is 0 Å². The molecule has 4 nitrogen and oxygen atoms in total. The predicted octanol–water partition coefficient (Wildman–Crippen LogP) is 8.52. The Bertz CT molecular complexity index is 1510. The Kier molecular flexibility index (Phi) is 7.60. The van der Waals surface area contributed by atoms with Gasteiger partial charge in [-0.2, -0.15) is 0 Å². The van der Waals surface area contributed by atoms with Crippen LogP contribution in [0.15, 0.2) is 107 Å². The summed E-state index contributed by atoms with van der Waals surface area (Å²) in [6, 6.07) is 28.1. The number of anilines is 1. The SMILES string of the molecule is O=C1/C(=C\c2cc(Cl)cc(Cl)c2OCc2cccc(F)c2)SC(=Nc2ccccc2)N1c1ccccc1. The minimum Gasteiger partial charge on any atom is -0.487 e. The molecule has 1 saturated heterocycles. The molecule has 0 aromatic heterocycles. The number of carbonyl (C=O) groups excluding carboxylic acids is 1. The lowest BCUT2D eigenvalue weighted by atomic mass is 10.1. The Labute approximate surface area is 228 Å². The van der Waals surface area contributed by atoms with Gasteiger partial charge in [-0.15, -0.1) is 0 Å². The molecular weight excluding hydrogens is 530 g/mol. The molecule has 4 aromatic carbocycles. The first-order valence-corrected chi connectivity index (χ1v) is 12.8. The van der Waals surface area contributed by atoms with Crippen LogP contribution in [0.4, 0.5) is 15.8 Å². The van der Waals surface area contributed by atoms with Gasteiger partial charge in [0.15, 0.2) is 5.17 Å². The van der Waals surface area contributed by atoms with E-state index >= 15 is 0 Å². The first kappa shape index (κ1) is 25.1. The number of aliphatic imine (C=N–C) groups is 1. The summed E-state index contributed by atoms with van der Waals surface area (Å²) in [5, 5.41) is 1.19. The highest BCUT2D eigenvalue weighted by Gasteiger charge is 2.35. The van der Waals surface area contributed by atoms with Crippen LogP contribution in [0, 0.1) is 5.82 Å². The maximum absolute atomic E-state index is 13.6. The maximum Gasteiger partial charge on any atom is 0.271 e. The number of halogens is 3. The summed E-state index contributed by atoms with van der Waals surface area (Å²) in [5.74, 6) is -0.251. The molecule has 4 aromatic rings. The minimum atomic E-state index is -0.357. The third-order valence-electron chi connectivity index (χ3n) is 5.40. The molecule has 0 unspecified atom stereocenters. The second-order valence-corrected chi connectivity index (χ2v) is 9.89. The fraction of sp³-hybridized carbons (Fsp3) is 0.0345. The number of hydrogen-bond donors (Lipinski definition) is 0. The molecule has 0 radical (unpaired) electrons. The van der Waals surface area contributed by atoms with E-state index in [-0.39, 0.29) is 23.4 Å². The monoisotopic (exact) mass is 548 g/mol. The maximum atomic E-state index is 13.6. The van der Waals surface area contributed by atoms with Crippen molar-refractivity contribution in [1.29, 1.82) is 0 Å². The van der Waals surface area contributed by atoms with Crippen molar-refractivity contribution in [3.63, 3.8) is 0 Å². The van der Waals surface area contributed by atoms with E-state index in [1.165, 1.54) is 23.9 Å². The second-order valence-electron chi connectivity index (χ2n) is 8.04. The zero-order valence-electron chi connectivity index (χ0n) is 19.3. The molecule has 37 heavy (non-hydrogen) atoms. The summed E-state index contributed by atoms with van der Waals surface area (Å²) in [6.45, 7) is 0.0905. The van der Waals surface area contributed by atoms with E-state index in [2.05, 4.69) is 0 Å². The number of amides is 1. The Morgan fingerprint density at radius 3 is 2.38 bits per heavy atom. The van der Waals surface area contributed by atoms with Crippen molar-refractivity contribution in [1.82, 2.24) is 0 Å². The van der Waals surface area contributed by atoms with Crippen LogP contribution in [0.2, 0.25) is 10.0 Å². The lowest BCUT2D eigenvalue weighted by Crippen LogP contribution is -2.28. The standard InChI is InChI=1S/C29H19Cl2FN2O2S/c30-21-15-20(27(25(31)17-21)36-18-19-8-7-9-22(32)14-19)16-26-28(35)34(24-12-5-2-6-13-24)29(37-26)33-23-10-3-1-4-11-23/h1-17H,18H2/b26-16+,33-29?. The van der Waals surface area contributed by atoms with Gasteiger partial charge in [-0.1, -0.05) is 71.7 Å². The van der Waals surface area contributed by atoms with Gasteiger partial charge in [0.2, 0.25) is 0 Å². The van der Waals surface area contributed by atoms with Gasteiger partial charge >= 0.3 is 0 Å². The summed E-state index contributed by atoms with van der Waals surface area (Å²) < 4.78 is 19.6. The van der Waals surface area contributed by atoms with Crippen molar-refractivity contribution in [2.75, 3.05) is 4.90 Å². The predicted molar refractivity (Wildman–Crippen MR) is 150 cm³/mol. The van der Waals surface area contributed by atoms with Crippen LogP contribution < -0.4 is 9.64 Å². The fourth-order valence-corrected chi connectivity index (χ4v) is 5.29. The average Bonchev–Trinajstić information content (AvgIpc) is 3.18. The highest BCUT2D eigenvalue weighted by molar-refractivity contribution is 8.19. The van der Waals surface area contributed by atoms with Gasteiger partial charge in [0.1, 0.15) is 18.2 Å². The quantitative estimate of drug-likeness (QED) is 0.227. The summed E-state index contributed by atoms with van der Waals surface area (Å²) in [7, 11) is 0. The highest BCUT2D eigenvalue weighted by Crippen LogP contribution is 2.40. The van der Waals surface area contributed by atoms with Gasteiger partial charge in [-0.25, -0.2) is 9.38 Å². The number of amidine groups is 1. The van der Waals surface area contributed by atoms with Crippen LogP contribution in [-0.2, 0) is 11.4 Å². The fourth-order valence-electron chi connectivity index (χ4n) is 3.73. The normalized spacial score (nSPS) is 15.5. The molecule has 0 aliphatic carbocycles. The first-order chi connectivity index (χ1) is 18.0. The topological polar surface area (TPSA) is 41.9 Å². The van der Waals surface area contributed by atoms with E-state index in [0.29, 0.717) is 37.7 Å². The van der Waals surface area contributed by atoms with Crippen molar-refractivity contribution < 1.29 is 13.9 Å². The molecule has 8 heteroatoms. The molecule has 1 fully saturated rings. The van der Waals surface area contributed by atoms with E-state index in [4.69, 9.17) is 32.9 Å². The second kappa shape index (κ2) is 11.2. The molecule has 5 rings (SSSR count). The van der Waals surface area contributed by atoms with Crippen molar-refractivity contribution >= 4 is 63.5 Å². The number of thioether (sulfide) groups is 1. The van der Waals surface area contributed by atoms with E-state index in [1.807, 2.05) is 60.7 Å². The number of nitrogens with zero attached hydrogens (tertiary/aromatic N) is 2. The Morgan fingerprint density at radius 2 is 1.65 bits per heavy atom. The number of benzene rings is 4. The molecule has 1 aliphatic heterocycles. The highest BCUT2D eigenvalue weighted by atomic mass is 35.5. The van der Waals surface area contributed by atoms with Crippen molar-refractivity contribution in [3.8, 4) is 5.75 Å². The lowest BCUT2D eigenvalue weighted by molar-refractivity contribution is -0.113. The van der Waals surface area contributed by atoms with Crippen LogP contribution in [0.3, 0.4) is 0 Å². The number of carbonyl (C=O) groups is 1. The molecule has 1 aliphatic rings. The van der Waals surface area contributed by atoms with Gasteiger partial charge in [0.05, 0.1) is 21.3 Å². The smallest absolute Gasteiger partial charge is 0.271 e. The van der Waals surface area contributed by atoms with Crippen LogP contribution in [-0.4, -0.2) is 11.1 Å². The number of hydrogen-bond acceptors (Lipinski definition) is 4. The molecule has 1 heterocycles. The summed E-state index contributed by atoms with van der Waals surface area (Å²) in [4.78, 5) is 20.3. The van der Waals surface area contributed by atoms with E-state index in [1.54, 1.807) is 35.2 Å². The van der Waals surface area contributed by atoms with Crippen LogP contribution >= 0.6 is 35.0 Å².